The van der Waals surface area contributed by atoms with Gasteiger partial charge in [0.1, 0.15) is 11.5 Å². The van der Waals surface area contributed by atoms with Crippen LogP contribution in [0.2, 0.25) is 0 Å². The van der Waals surface area contributed by atoms with Gasteiger partial charge in [0.15, 0.2) is 12.4 Å². The number of benzene rings is 1. The number of anilines is 1. The fourth-order valence-corrected chi connectivity index (χ4v) is 5.97. The molecule has 0 radical (unpaired) electrons. The van der Waals surface area contributed by atoms with Gasteiger partial charge in [-0.3, -0.25) is 4.55 Å². The number of allylic oxidation sites excluding steroid dienone is 2. The molecule has 146 valence electrons. The Morgan fingerprint density at radius 3 is 2.96 bits per heavy atom. The average Bonchev–Trinajstić information content (AvgIpc) is 3.18. The van der Waals surface area contributed by atoms with Crippen molar-refractivity contribution in [1.82, 2.24) is 0 Å². The lowest BCUT2D eigenvalue weighted by molar-refractivity contribution is -0.695. The minimum atomic E-state index is -4.15. The Labute approximate surface area is 172 Å². The molecule has 0 spiro atoms. The molecule has 0 fully saturated rings. The summed E-state index contributed by atoms with van der Waals surface area (Å²) in [6, 6.07) is 7.54. The molecule has 0 unspecified atom stereocenters. The van der Waals surface area contributed by atoms with Crippen molar-refractivity contribution in [2.75, 3.05) is 17.4 Å². The van der Waals surface area contributed by atoms with E-state index in [2.05, 4.69) is 17.6 Å². The first-order valence-electron chi connectivity index (χ1n) is 8.70. The molecule has 1 aromatic carbocycles. The van der Waals surface area contributed by atoms with Crippen LogP contribution in [0.5, 0.6) is 5.88 Å². The van der Waals surface area contributed by atoms with Crippen LogP contribution in [0.3, 0.4) is 0 Å². The van der Waals surface area contributed by atoms with E-state index in [4.69, 9.17) is 4.74 Å². The molecule has 4 rings (SSSR count). The Kier molecular flexibility index (Phi) is 5.33. The van der Waals surface area contributed by atoms with Crippen molar-refractivity contribution in [1.29, 1.82) is 0 Å². The topological polar surface area (TPSA) is 70.7 Å². The molecule has 3 heterocycles. The molecule has 0 bridgehead atoms. The van der Waals surface area contributed by atoms with E-state index in [-0.39, 0.29) is 0 Å². The number of nitrogens with zero attached hydrogens (tertiary/aromatic N) is 2. The van der Waals surface area contributed by atoms with Gasteiger partial charge in [-0.15, -0.1) is 0 Å². The zero-order chi connectivity index (χ0) is 19.7. The van der Waals surface area contributed by atoms with Crippen molar-refractivity contribution in [2.45, 2.75) is 18.4 Å². The summed E-state index contributed by atoms with van der Waals surface area (Å²) in [7, 11) is -4.15. The lowest BCUT2D eigenvalue weighted by Gasteiger charge is -2.17. The molecule has 0 atom stereocenters. The van der Waals surface area contributed by atoms with Gasteiger partial charge in [0, 0.05) is 11.0 Å². The quantitative estimate of drug-likeness (QED) is 0.569. The highest BCUT2D eigenvalue weighted by molar-refractivity contribution is 8.03. The van der Waals surface area contributed by atoms with Crippen LogP contribution >= 0.6 is 23.1 Å². The van der Waals surface area contributed by atoms with E-state index in [1.54, 1.807) is 16.2 Å². The van der Waals surface area contributed by atoms with E-state index in [0.29, 0.717) is 6.61 Å². The second-order valence-electron chi connectivity index (χ2n) is 6.14. The fourth-order valence-electron chi connectivity index (χ4n) is 3.09. The van der Waals surface area contributed by atoms with Gasteiger partial charge in [0.2, 0.25) is 0 Å². The number of ether oxygens (including phenoxy) is 1. The van der Waals surface area contributed by atoms with Crippen LogP contribution in [0.25, 0.3) is 12.2 Å². The lowest BCUT2D eigenvalue weighted by Crippen LogP contribution is -2.35. The molecular formula is C19H19N2O4S3+. The highest BCUT2D eigenvalue weighted by atomic mass is 32.2. The summed E-state index contributed by atoms with van der Waals surface area (Å²) in [6.07, 6.45) is 9.83. The predicted octanol–water partition coefficient (Wildman–Crippen LogP) is 3.77. The van der Waals surface area contributed by atoms with Gasteiger partial charge in [-0.05, 0) is 37.3 Å². The maximum absolute atomic E-state index is 11.5. The minimum absolute atomic E-state index is 0.475. The third kappa shape index (κ3) is 3.88. The van der Waals surface area contributed by atoms with Gasteiger partial charge in [-0.2, -0.15) is 13.0 Å². The number of aromatic nitrogens is 1. The van der Waals surface area contributed by atoms with Crippen LogP contribution in [0.15, 0.2) is 52.4 Å². The first-order valence-corrected chi connectivity index (χ1v) is 11.9. The molecule has 2 aliphatic rings. The van der Waals surface area contributed by atoms with E-state index in [1.165, 1.54) is 11.8 Å². The van der Waals surface area contributed by atoms with Crippen molar-refractivity contribution < 1.29 is 22.3 Å². The SMILES string of the molecule is CC[n+]1c(C=CC=C2Sc3ccccc3N2CS(=O)(=O)O)sc2c1OCC=C2. The summed E-state index contributed by atoms with van der Waals surface area (Å²) in [5.41, 5.74) is 0.776. The lowest BCUT2D eigenvalue weighted by atomic mass is 10.3. The van der Waals surface area contributed by atoms with Crippen LogP contribution in [0, 0.1) is 0 Å². The molecule has 0 saturated heterocycles. The van der Waals surface area contributed by atoms with E-state index < -0.39 is 16.0 Å². The summed E-state index contributed by atoms with van der Waals surface area (Å²) < 4.78 is 40.1. The first-order chi connectivity index (χ1) is 13.5. The number of thiazole rings is 1. The largest absolute Gasteiger partial charge is 0.439 e. The Morgan fingerprint density at radius 1 is 1.36 bits per heavy atom. The van der Waals surface area contributed by atoms with Crippen LogP contribution in [0.1, 0.15) is 16.8 Å². The molecule has 28 heavy (non-hydrogen) atoms. The van der Waals surface area contributed by atoms with Crippen LogP contribution in [0.4, 0.5) is 5.69 Å². The minimum Gasteiger partial charge on any atom is -0.439 e. The van der Waals surface area contributed by atoms with E-state index in [0.717, 1.165) is 37.9 Å². The standard InChI is InChI=1S/C19H18N2O4S3/c1-2-20-17(27-16-9-6-12-25-19(16)20)10-5-11-18-21(13-28(22,23)24)14-7-3-4-8-15(14)26-18/h3-11H,2,12-13H2,1H3/p+1. The molecule has 2 aromatic rings. The van der Waals surface area contributed by atoms with Crippen molar-refractivity contribution >= 4 is 51.1 Å². The zero-order valence-corrected chi connectivity index (χ0v) is 17.6. The number of hydrogen-bond acceptors (Lipinski definition) is 6. The molecule has 0 amide bonds. The Balaban J connectivity index is 1.64. The Bertz CT molecular complexity index is 1100. The number of para-hydroxylation sites is 1. The Hall–Kier alpha value is -2.07. The number of thioether (sulfide) groups is 1. The van der Waals surface area contributed by atoms with Gasteiger partial charge in [-0.1, -0.05) is 41.3 Å². The molecule has 0 aliphatic carbocycles. The Morgan fingerprint density at radius 2 is 2.18 bits per heavy atom. The molecule has 1 aromatic heterocycles. The van der Waals surface area contributed by atoms with Gasteiger partial charge < -0.3 is 9.64 Å². The molecule has 2 aliphatic heterocycles. The van der Waals surface area contributed by atoms with Crippen LogP contribution < -0.4 is 14.2 Å². The van der Waals surface area contributed by atoms with Crippen molar-refractivity contribution in [2.24, 2.45) is 0 Å². The van der Waals surface area contributed by atoms with E-state index in [9.17, 15) is 13.0 Å². The third-order valence-corrected chi connectivity index (χ3v) is 7.06. The second-order valence-corrected chi connectivity index (χ2v) is 9.69. The van der Waals surface area contributed by atoms with Crippen molar-refractivity contribution in [3.8, 4) is 5.88 Å². The highest BCUT2D eigenvalue weighted by Crippen LogP contribution is 2.45. The predicted molar refractivity (Wildman–Crippen MR) is 113 cm³/mol. The maximum Gasteiger partial charge on any atom is 0.387 e. The highest BCUT2D eigenvalue weighted by Gasteiger charge is 2.28. The summed E-state index contributed by atoms with van der Waals surface area (Å²) in [4.78, 5) is 3.66. The zero-order valence-electron chi connectivity index (χ0n) is 15.1. The smallest absolute Gasteiger partial charge is 0.387 e. The van der Waals surface area contributed by atoms with E-state index >= 15 is 0 Å². The molecular weight excluding hydrogens is 416 g/mol. The summed E-state index contributed by atoms with van der Waals surface area (Å²) >= 11 is 3.12. The number of hydrogen-bond donors (Lipinski definition) is 1. The third-order valence-electron chi connectivity index (χ3n) is 4.24. The van der Waals surface area contributed by atoms with Crippen LogP contribution in [-0.4, -0.2) is 25.5 Å². The summed E-state index contributed by atoms with van der Waals surface area (Å²) in [5, 5.41) is 1.80. The molecule has 1 N–H and O–H groups in total. The van der Waals surface area contributed by atoms with Crippen molar-refractivity contribution in [3.63, 3.8) is 0 Å². The summed E-state index contributed by atoms with van der Waals surface area (Å²) in [6.45, 7) is 3.45. The number of rotatable bonds is 5. The second kappa shape index (κ2) is 7.75. The molecule has 0 saturated carbocycles. The first kappa shape index (κ1) is 19.3. The van der Waals surface area contributed by atoms with Gasteiger partial charge >= 0.3 is 5.88 Å². The monoisotopic (exact) mass is 435 g/mol. The number of fused-ring (bicyclic) bond motifs is 2. The van der Waals surface area contributed by atoms with Crippen molar-refractivity contribution in [3.05, 3.63) is 57.4 Å². The molecule has 6 nitrogen and oxygen atoms in total. The van der Waals surface area contributed by atoms with Gasteiger partial charge in [-0.25, -0.2) is 0 Å². The summed E-state index contributed by atoms with van der Waals surface area (Å²) in [5.74, 6) is 0.412. The maximum atomic E-state index is 11.5. The van der Waals surface area contributed by atoms with Gasteiger partial charge in [0.05, 0.1) is 10.7 Å². The van der Waals surface area contributed by atoms with Crippen LogP contribution in [-0.2, 0) is 16.7 Å². The normalized spacial score (nSPS) is 17.2. The average molecular weight is 436 g/mol. The van der Waals surface area contributed by atoms with E-state index in [1.807, 2.05) is 48.6 Å². The van der Waals surface area contributed by atoms with Gasteiger partial charge in [0.25, 0.3) is 15.1 Å². The fraction of sp³-hybridized carbons (Fsp3) is 0.211. The molecule has 9 heteroatoms.